The number of nitrogens with zero attached hydrogens (tertiary/aromatic N) is 5. The summed E-state index contributed by atoms with van der Waals surface area (Å²) in [7, 11) is 0. The molecule has 0 bridgehead atoms. The van der Waals surface area contributed by atoms with Crippen LogP contribution in [0.5, 0.6) is 0 Å². The summed E-state index contributed by atoms with van der Waals surface area (Å²) in [6.07, 6.45) is 0.786. The normalized spacial score (nSPS) is 26.5. The van der Waals surface area contributed by atoms with Crippen molar-refractivity contribution in [2.24, 2.45) is 11.3 Å². The Labute approximate surface area is 197 Å². The summed E-state index contributed by atoms with van der Waals surface area (Å²) in [6.45, 7) is 2.34. The Morgan fingerprint density at radius 2 is 1.94 bits per heavy atom. The van der Waals surface area contributed by atoms with Gasteiger partial charge in [0.2, 0.25) is 0 Å². The van der Waals surface area contributed by atoms with Crippen LogP contribution in [-0.2, 0) is 6.18 Å². The van der Waals surface area contributed by atoms with Gasteiger partial charge in [0, 0.05) is 36.9 Å². The number of carbonyl (C=O) groups excluding carboxylic acids is 1. The number of pyridine rings is 2. The van der Waals surface area contributed by atoms with Crippen molar-refractivity contribution >= 4 is 11.7 Å². The molecule has 3 aromatic rings. The third kappa shape index (κ3) is 3.43. The van der Waals surface area contributed by atoms with Crippen LogP contribution in [0.4, 0.5) is 23.4 Å². The second-order valence-corrected chi connectivity index (χ2v) is 9.46. The minimum atomic E-state index is -4.68. The first-order chi connectivity index (χ1) is 16.7. The first kappa shape index (κ1) is 21.9. The van der Waals surface area contributed by atoms with Gasteiger partial charge in [-0.3, -0.25) is 4.79 Å². The maximum atomic E-state index is 14.4. The lowest BCUT2D eigenvalue weighted by molar-refractivity contribution is -0.138. The van der Waals surface area contributed by atoms with Gasteiger partial charge in [-0.15, -0.1) is 0 Å². The van der Waals surface area contributed by atoms with E-state index in [4.69, 9.17) is 0 Å². The maximum absolute atomic E-state index is 14.4. The SMILES string of the molecule is Cc1ccc(-c2ncccn2)c(C(=O)N2CC3CC34CC(Nc3ncc(C(F)(F)F)cc3F)C24)n1. The lowest BCUT2D eigenvalue weighted by atomic mass is 9.71. The molecule has 4 unspecified atom stereocenters. The zero-order valence-corrected chi connectivity index (χ0v) is 18.6. The number of nitrogens with one attached hydrogen (secondary N) is 1. The van der Waals surface area contributed by atoms with E-state index >= 15 is 0 Å². The summed E-state index contributed by atoms with van der Waals surface area (Å²) in [5.41, 5.74) is 0.258. The van der Waals surface area contributed by atoms with E-state index in [1.165, 1.54) is 0 Å². The van der Waals surface area contributed by atoms with Gasteiger partial charge < -0.3 is 10.2 Å². The third-order valence-corrected chi connectivity index (χ3v) is 7.40. The van der Waals surface area contributed by atoms with Crippen molar-refractivity contribution in [2.75, 3.05) is 11.9 Å². The molecule has 6 rings (SSSR count). The van der Waals surface area contributed by atoms with Gasteiger partial charge in [-0.1, -0.05) is 0 Å². The summed E-state index contributed by atoms with van der Waals surface area (Å²) >= 11 is 0. The van der Waals surface area contributed by atoms with Crippen LogP contribution in [0.2, 0.25) is 0 Å². The number of aromatic nitrogens is 4. The number of likely N-dealkylation sites (tertiary alicyclic amines) is 1. The van der Waals surface area contributed by atoms with Crippen molar-refractivity contribution in [1.29, 1.82) is 0 Å². The van der Waals surface area contributed by atoms with Gasteiger partial charge in [0.25, 0.3) is 5.91 Å². The quantitative estimate of drug-likeness (QED) is 0.561. The zero-order valence-electron chi connectivity index (χ0n) is 18.6. The van der Waals surface area contributed by atoms with E-state index in [-0.39, 0.29) is 34.9 Å². The summed E-state index contributed by atoms with van der Waals surface area (Å²) in [5.74, 6) is -0.850. The topological polar surface area (TPSA) is 83.9 Å². The summed E-state index contributed by atoms with van der Waals surface area (Å²) < 4.78 is 53.0. The number of carbonyl (C=O) groups is 1. The fourth-order valence-electron chi connectivity index (χ4n) is 5.71. The van der Waals surface area contributed by atoms with Crippen molar-refractivity contribution in [2.45, 2.75) is 38.0 Å². The first-order valence-electron chi connectivity index (χ1n) is 11.2. The number of hydrogen-bond donors (Lipinski definition) is 1. The molecule has 3 aliphatic rings. The molecule has 2 saturated carbocycles. The Hall–Kier alpha value is -3.63. The van der Waals surface area contributed by atoms with Crippen LogP contribution in [0.25, 0.3) is 11.4 Å². The number of amides is 1. The molecule has 1 amide bonds. The van der Waals surface area contributed by atoms with Gasteiger partial charge in [0.15, 0.2) is 17.5 Å². The summed E-state index contributed by atoms with van der Waals surface area (Å²) in [6, 6.07) is 5.13. The summed E-state index contributed by atoms with van der Waals surface area (Å²) in [5, 5.41) is 2.95. The highest BCUT2D eigenvalue weighted by Crippen LogP contribution is 2.71. The molecule has 1 aliphatic heterocycles. The van der Waals surface area contributed by atoms with Gasteiger partial charge in [-0.05, 0) is 55.4 Å². The highest BCUT2D eigenvalue weighted by molar-refractivity contribution is 5.99. The Morgan fingerprint density at radius 3 is 2.66 bits per heavy atom. The second kappa shape index (κ2) is 7.43. The van der Waals surface area contributed by atoms with E-state index in [1.807, 2.05) is 0 Å². The lowest BCUT2D eigenvalue weighted by Crippen LogP contribution is -2.60. The van der Waals surface area contributed by atoms with Crippen molar-refractivity contribution in [3.05, 3.63) is 65.6 Å². The number of piperidine rings is 1. The monoisotopic (exact) mass is 484 g/mol. The molecule has 180 valence electrons. The molecular weight excluding hydrogens is 464 g/mol. The molecule has 0 aromatic carbocycles. The molecule has 0 radical (unpaired) electrons. The van der Waals surface area contributed by atoms with Crippen LogP contribution < -0.4 is 5.32 Å². The molecule has 1 spiro atoms. The Balaban J connectivity index is 1.28. The largest absolute Gasteiger partial charge is 0.417 e. The van der Waals surface area contributed by atoms with Crippen LogP contribution in [0.1, 0.15) is 34.6 Å². The van der Waals surface area contributed by atoms with Crippen LogP contribution in [-0.4, -0.2) is 49.4 Å². The van der Waals surface area contributed by atoms with E-state index in [1.54, 1.807) is 42.4 Å². The van der Waals surface area contributed by atoms with Crippen molar-refractivity contribution < 1.29 is 22.4 Å². The second-order valence-electron chi connectivity index (χ2n) is 9.46. The average molecular weight is 484 g/mol. The minimum Gasteiger partial charge on any atom is -0.363 e. The Bertz CT molecular complexity index is 1330. The fraction of sp³-hybridized carbons (Fsp3) is 0.375. The molecule has 1 saturated heterocycles. The van der Waals surface area contributed by atoms with Crippen LogP contribution in [0, 0.1) is 24.1 Å². The number of rotatable bonds is 4. The van der Waals surface area contributed by atoms with Crippen LogP contribution in [0.3, 0.4) is 0 Å². The molecule has 11 heteroatoms. The van der Waals surface area contributed by atoms with E-state index in [2.05, 4.69) is 25.3 Å². The Kier molecular flexibility index (Phi) is 4.64. The predicted molar refractivity (Wildman–Crippen MR) is 117 cm³/mol. The van der Waals surface area contributed by atoms with E-state index in [0.29, 0.717) is 48.2 Å². The molecule has 2 aliphatic carbocycles. The van der Waals surface area contributed by atoms with Crippen LogP contribution >= 0.6 is 0 Å². The summed E-state index contributed by atoms with van der Waals surface area (Å²) in [4.78, 5) is 32.2. The van der Waals surface area contributed by atoms with Gasteiger partial charge in [-0.2, -0.15) is 13.2 Å². The molecule has 3 fully saturated rings. The van der Waals surface area contributed by atoms with E-state index in [9.17, 15) is 22.4 Å². The predicted octanol–water partition coefficient (Wildman–Crippen LogP) is 4.12. The first-order valence-corrected chi connectivity index (χ1v) is 11.2. The van der Waals surface area contributed by atoms with E-state index < -0.39 is 17.6 Å². The van der Waals surface area contributed by atoms with E-state index in [0.717, 1.165) is 6.42 Å². The molecule has 35 heavy (non-hydrogen) atoms. The van der Waals surface area contributed by atoms with Crippen LogP contribution in [0.15, 0.2) is 42.9 Å². The van der Waals surface area contributed by atoms with Crippen molar-refractivity contribution in [3.63, 3.8) is 0 Å². The number of hydrogen-bond acceptors (Lipinski definition) is 6. The molecule has 4 heterocycles. The molecule has 4 atom stereocenters. The lowest BCUT2D eigenvalue weighted by Gasteiger charge is -2.48. The number of anilines is 1. The molecule has 3 aromatic heterocycles. The van der Waals surface area contributed by atoms with Gasteiger partial charge in [-0.25, -0.2) is 24.3 Å². The molecule has 1 N–H and O–H groups in total. The number of aryl methyl sites for hydroxylation is 1. The van der Waals surface area contributed by atoms with Gasteiger partial charge >= 0.3 is 6.18 Å². The Morgan fingerprint density at radius 1 is 1.17 bits per heavy atom. The highest BCUT2D eigenvalue weighted by Gasteiger charge is 2.75. The smallest absolute Gasteiger partial charge is 0.363 e. The fourth-order valence-corrected chi connectivity index (χ4v) is 5.71. The van der Waals surface area contributed by atoms with Gasteiger partial charge in [0.1, 0.15) is 5.69 Å². The minimum absolute atomic E-state index is 0.0387. The number of alkyl halides is 3. The number of halogens is 4. The highest BCUT2D eigenvalue weighted by atomic mass is 19.4. The molecular formula is C24H20F4N6O. The average Bonchev–Trinajstić information content (AvgIpc) is 3.48. The maximum Gasteiger partial charge on any atom is 0.417 e. The van der Waals surface area contributed by atoms with Crippen molar-refractivity contribution in [3.8, 4) is 11.4 Å². The third-order valence-electron chi connectivity index (χ3n) is 7.40. The zero-order chi connectivity index (χ0) is 24.5. The molecule has 7 nitrogen and oxygen atoms in total. The van der Waals surface area contributed by atoms with Crippen molar-refractivity contribution in [1.82, 2.24) is 24.8 Å². The standard InChI is InChI=1S/C24H20F4N6O/c1-12-3-4-15(20-29-5-2-6-30-20)18(32-12)22(35)34-11-14-8-23(14)9-17(19(23)34)33-21-16(25)7-13(10-31-21)24(26,27)28/h2-7,10,14,17,19H,8-9,11H2,1H3,(H,31,33). The van der Waals surface area contributed by atoms with Gasteiger partial charge in [0.05, 0.1) is 17.2 Å².